The summed E-state index contributed by atoms with van der Waals surface area (Å²) in [6.45, 7) is 0. The minimum absolute atomic E-state index is 0.0250. The van der Waals surface area contributed by atoms with Gasteiger partial charge in [0.2, 0.25) is 0 Å². The maximum atomic E-state index is 13.1. The van der Waals surface area contributed by atoms with Crippen LogP contribution in [0.1, 0.15) is 11.1 Å². The molecule has 0 radical (unpaired) electrons. The van der Waals surface area contributed by atoms with Crippen LogP contribution in [-0.2, 0) is 12.4 Å². The summed E-state index contributed by atoms with van der Waals surface area (Å²) in [5, 5.41) is 20.4. The Bertz CT molecular complexity index is 1370. The van der Waals surface area contributed by atoms with Crippen molar-refractivity contribution < 1.29 is 41.3 Å². The molecule has 0 aromatic heterocycles. The highest BCUT2D eigenvalue weighted by molar-refractivity contribution is 6.34. The number of benzene rings is 4. The van der Waals surface area contributed by atoms with Gasteiger partial charge in [0.15, 0.2) is 0 Å². The summed E-state index contributed by atoms with van der Waals surface area (Å²) in [4.78, 5) is 0. The molecule has 192 valence electrons. The number of ether oxygens (including phenoxy) is 1. The minimum atomic E-state index is -4.64. The molecule has 4 rings (SSSR count). The number of hydrogen-bond acceptors (Lipinski definition) is 3. The van der Waals surface area contributed by atoms with E-state index in [1.807, 2.05) is 0 Å². The summed E-state index contributed by atoms with van der Waals surface area (Å²) < 4.78 is 84.4. The van der Waals surface area contributed by atoms with Crippen molar-refractivity contribution >= 4 is 23.2 Å². The number of alkyl halides is 6. The van der Waals surface area contributed by atoms with Gasteiger partial charge in [-0.15, -0.1) is 0 Å². The van der Waals surface area contributed by atoms with Crippen molar-refractivity contribution in [1.82, 2.24) is 0 Å². The van der Waals surface area contributed by atoms with Gasteiger partial charge >= 0.3 is 12.4 Å². The first-order chi connectivity index (χ1) is 17.3. The van der Waals surface area contributed by atoms with Crippen molar-refractivity contribution in [3.8, 4) is 45.3 Å². The van der Waals surface area contributed by atoms with E-state index < -0.39 is 23.5 Å². The number of halogens is 8. The van der Waals surface area contributed by atoms with E-state index in [0.29, 0.717) is 12.1 Å². The maximum Gasteiger partial charge on any atom is 0.416 e. The van der Waals surface area contributed by atoms with Crippen molar-refractivity contribution in [1.29, 1.82) is 0 Å². The average Bonchev–Trinajstić information content (AvgIpc) is 2.79. The van der Waals surface area contributed by atoms with Gasteiger partial charge < -0.3 is 14.9 Å². The first-order valence-electron chi connectivity index (χ1n) is 10.3. The lowest BCUT2D eigenvalue weighted by molar-refractivity contribution is -0.138. The number of rotatable bonds is 4. The molecule has 0 atom stereocenters. The highest BCUT2D eigenvalue weighted by atomic mass is 35.5. The molecule has 0 unspecified atom stereocenters. The predicted molar refractivity (Wildman–Crippen MR) is 127 cm³/mol. The standard InChI is InChI=1S/C26H14Cl2F6O3/c27-17-11-13(25(29,30)31)7-9-15(17)23-19(35)3-1-5-21(23)37-22-6-2-4-20(36)24(22)16-10-8-14(12-18(16)28)26(32,33)34/h1-12,35-36H. The molecular weight excluding hydrogens is 545 g/mol. The Balaban J connectivity index is 1.83. The van der Waals surface area contributed by atoms with E-state index in [1.165, 1.54) is 36.4 Å². The molecule has 0 saturated carbocycles. The van der Waals surface area contributed by atoms with E-state index in [2.05, 4.69) is 0 Å². The van der Waals surface area contributed by atoms with Crippen LogP contribution in [-0.4, -0.2) is 10.2 Å². The van der Waals surface area contributed by atoms with Crippen molar-refractivity contribution in [2.75, 3.05) is 0 Å². The quantitative estimate of drug-likeness (QED) is 0.245. The van der Waals surface area contributed by atoms with E-state index in [1.54, 1.807) is 0 Å². The summed E-state index contributed by atoms with van der Waals surface area (Å²) in [5.74, 6) is -0.852. The molecule has 0 fully saturated rings. The molecule has 2 N–H and O–H groups in total. The summed E-state index contributed by atoms with van der Waals surface area (Å²) in [5.41, 5.74) is -2.03. The van der Waals surface area contributed by atoms with Gasteiger partial charge in [0, 0.05) is 21.2 Å². The van der Waals surface area contributed by atoms with E-state index in [-0.39, 0.29) is 55.3 Å². The fraction of sp³-hybridized carbons (Fsp3) is 0.0769. The number of aromatic hydroxyl groups is 2. The van der Waals surface area contributed by atoms with Crippen LogP contribution in [0.5, 0.6) is 23.0 Å². The van der Waals surface area contributed by atoms with Gasteiger partial charge in [-0.2, -0.15) is 26.3 Å². The van der Waals surface area contributed by atoms with Gasteiger partial charge in [0.1, 0.15) is 23.0 Å². The topological polar surface area (TPSA) is 49.7 Å². The van der Waals surface area contributed by atoms with Crippen LogP contribution >= 0.6 is 23.2 Å². The van der Waals surface area contributed by atoms with Crippen LogP contribution in [0.3, 0.4) is 0 Å². The van der Waals surface area contributed by atoms with Crippen LogP contribution in [0.25, 0.3) is 22.3 Å². The second kappa shape index (κ2) is 9.72. The Morgan fingerprint density at radius 2 is 0.946 bits per heavy atom. The molecule has 4 aromatic rings. The van der Waals surface area contributed by atoms with Gasteiger partial charge in [-0.1, -0.05) is 47.5 Å². The van der Waals surface area contributed by atoms with Gasteiger partial charge in [0.05, 0.1) is 22.3 Å². The molecule has 4 aromatic carbocycles. The number of phenols is 2. The zero-order chi connectivity index (χ0) is 27.1. The van der Waals surface area contributed by atoms with Crippen LogP contribution < -0.4 is 4.74 Å². The highest BCUT2D eigenvalue weighted by Crippen LogP contribution is 2.48. The second-order valence-corrected chi connectivity index (χ2v) is 8.60. The largest absolute Gasteiger partial charge is 0.507 e. The molecule has 3 nitrogen and oxygen atoms in total. The molecule has 37 heavy (non-hydrogen) atoms. The zero-order valence-electron chi connectivity index (χ0n) is 18.3. The van der Waals surface area contributed by atoms with Crippen LogP contribution in [0.2, 0.25) is 10.0 Å². The second-order valence-electron chi connectivity index (χ2n) is 7.79. The third-order valence-electron chi connectivity index (χ3n) is 5.36. The van der Waals surface area contributed by atoms with Crippen LogP contribution in [0, 0.1) is 0 Å². The SMILES string of the molecule is Oc1cccc(Oc2cccc(O)c2-c2ccc(C(F)(F)F)cc2Cl)c1-c1ccc(C(F)(F)F)cc1Cl. The van der Waals surface area contributed by atoms with Gasteiger partial charge in [-0.3, -0.25) is 0 Å². The van der Waals surface area contributed by atoms with E-state index >= 15 is 0 Å². The van der Waals surface area contributed by atoms with Crippen molar-refractivity contribution in [3.63, 3.8) is 0 Å². The Morgan fingerprint density at radius 3 is 1.27 bits per heavy atom. The van der Waals surface area contributed by atoms with E-state index in [4.69, 9.17) is 27.9 Å². The normalized spacial score (nSPS) is 12.0. The average molecular weight is 559 g/mol. The number of hydrogen-bond donors (Lipinski definition) is 2. The first-order valence-corrected chi connectivity index (χ1v) is 11.1. The Labute approximate surface area is 216 Å². The van der Waals surface area contributed by atoms with Gasteiger partial charge in [0.25, 0.3) is 0 Å². The van der Waals surface area contributed by atoms with E-state index in [0.717, 1.165) is 24.3 Å². The van der Waals surface area contributed by atoms with Crippen LogP contribution in [0.15, 0.2) is 72.8 Å². The lowest BCUT2D eigenvalue weighted by Crippen LogP contribution is -2.04. The molecule has 0 heterocycles. The third kappa shape index (κ3) is 5.42. The number of phenolic OH excluding ortho intramolecular Hbond substituents is 2. The lowest BCUT2D eigenvalue weighted by Gasteiger charge is -2.18. The molecule has 11 heteroatoms. The molecule has 0 amide bonds. The molecule has 0 aliphatic carbocycles. The molecule has 0 saturated heterocycles. The van der Waals surface area contributed by atoms with Crippen LogP contribution in [0.4, 0.5) is 26.3 Å². The van der Waals surface area contributed by atoms with Gasteiger partial charge in [-0.25, -0.2) is 0 Å². The maximum absolute atomic E-state index is 13.1. The fourth-order valence-electron chi connectivity index (χ4n) is 3.66. The lowest BCUT2D eigenvalue weighted by atomic mass is 10.00. The molecule has 0 bridgehead atoms. The van der Waals surface area contributed by atoms with Crippen molar-refractivity contribution in [2.24, 2.45) is 0 Å². The highest BCUT2D eigenvalue weighted by Gasteiger charge is 2.32. The molecule has 0 aliphatic heterocycles. The first kappa shape index (κ1) is 26.5. The van der Waals surface area contributed by atoms with E-state index in [9.17, 15) is 36.6 Å². The molecule has 0 aliphatic rings. The monoisotopic (exact) mass is 558 g/mol. The van der Waals surface area contributed by atoms with Crippen molar-refractivity contribution in [2.45, 2.75) is 12.4 Å². The summed E-state index contributed by atoms with van der Waals surface area (Å²) in [6.07, 6.45) is -9.28. The predicted octanol–water partition coefficient (Wildman–Crippen LogP) is 9.57. The fourth-order valence-corrected chi connectivity index (χ4v) is 4.21. The summed E-state index contributed by atoms with van der Waals surface area (Å²) in [6, 6.07) is 13.3. The summed E-state index contributed by atoms with van der Waals surface area (Å²) in [7, 11) is 0. The smallest absolute Gasteiger partial charge is 0.416 e. The zero-order valence-corrected chi connectivity index (χ0v) is 19.8. The third-order valence-corrected chi connectivity index (χ3v) is 5.99. The minimum Gasteiger partial charge on any atom is -0.507 e. The molecule has 0 spiro atoms. The molecular formula is C26H14Cl2F6O3. The van der Waals surface area contributed by atoms with Crippen molar-refractivity contribution in [3.05, 3.63) is 94.0 Å². The Hall–Kier alpha value is -3.56. The Morgan fingerprint density at radius 1 is 0.568 bits per heavy atom. The Kier molecular flexibility index (Phi) is 6.96. The van der Waals surface area contributed by atoms with Gasteiger partial charge in [-0.05, 0) is 48.5 Å². The summed E-state index contributed by atoms with van der Waals surface area (Å²) >= 11 is 12.3.